The van der Waals surface area contributed by atoms with E-state index in [4.69, 9.17) is 14.2 Å². The Hall–Kier alpha value is -2.24. The zero-order chi connectivity index (χ0) is 17.6. The first-order chi connectivity index (χ1) is 12.2. The molecule has 1 N–H and O–H groups in total. The van der Waals surface area contributed by atoms with Crippen LogP contribution in [0.3, 0.4) is 0 Å². The summed E-state index contributed by atoms with van der Waals surface area (Å²) in [6.07, 6.45) is 0. The van der Waals surface area contributed by atoms with Crippen LogP contribution in [0.5, 0.6) is 17.2 Å². The molecule has 1 aliphatic heterocycles. The van der Waals surface area contributed by atoms with Crippen LogP contribution in [0.4, 0.5) is 0 Å². The molecular weight excluding hydrogens is 316 g/mol. The van der Waals surface area contributed by atoms with Crippen LogP contribution in [0.1, 0.15) is 17.2 Å². The Balaban J connectivity index is 1.62. The predicted molar refractivity (Wildman–Crippen MR) is 98.6 cm³/mol. The van der Waals surface area contributed by atoms with Gasteiger partial charge in [-0.25, -0.2) is 0 Å². The Labute approximate surface area is 149 Å². The molecular formula is C20H26N2O3. The summed E-state index contributed by atoms with van der Waals surface area (Å²) in [5.74, 6) is 2.55. The molecule has 1 heterocycles. The monoisotopic (exact) mass is 342 g/mol. The summed E-state index contributed by atoms with van der Waals surface area (Å²) in [4.78, 5) is 2.21. The zero-order valence-electron chi connectivity index (χ0n) is 15.1. The van der Waals surface area contributed by atoms with Gasteiger partial charge in [-0.05, 0) is 49.5 Å². The molecule has 0 aromatic heterocycles. The number of methoxy groups -OCH3 is 1. The van der Waals surface area contributed by atoms with Gasteiger partial charge in [0.05, 0.1) is 7.11 Å². The number of likely N-dealkylation sites (N-methyl/N-ethyl adjacent to an activating group) is 1. The zero-order valence-corrected chi connectivity index (χ0v) is 15.1. The number of hydrogen-bond acceptors (Lipinski definition) is 5. The summed E-state index contributed by atoms with van der Waals surface area (Å²) >= 11 is 0. The van der Waals surface area contributed by atoms with Crippen molar-refractivity contribution in [3.63, 3.8) is 0 Å². The van der Waals surface area contributed by atoms with Crippen molar-refractivity contribution < 1.29 is 14.2 Å². The van der Waals surface area contributed by atoms with E-state index in [1.807, 2.05) is 18.2 Å². The fourth-order valence-corrected chi connectivity index (χ4v) is 3.00. The highest BCUT2D eigenvalue weighted by molar-refractivity contribution is 5.43. The lowest BCUT2D eigenvalue weighted by Crippen LogP contribution is -2.30. The molecule has 0 aliphatic carbocycles. The highest BCUT2D eigenvalue weighted by Gasteiger charge is 2.15. The van der Waals surface area contributed by atoms with E-state index < -0.39 is 0 Å². The molecule has 0 amide bonds. The van der Waals surface area contributed by atoms with Crippen molar-refractivity contribution in [2.24, 2.45) is 0 Å². The Kier molecular flexibility index (Phi) is 5.79. The van der Waals surface area contributed by atoms with Crippen molar-refractivity contribution in [3.8, 4) is 17.2 Å². The molecule has 2 aromatic carbocycles. The highest BCUT2D eigenvalue weighted by Crippen LogP contribution is 2.30. The lowest BCUT2D eigenvalue weighted by Gasteiger charge is -2.26. The minimum atomic E-state index is 0.271. The molecule has 0 spiro atoms. The number of nitrogens with one attached hydrogen (secondary N) is 1. The fraction of sp³-hybridized carbons (Fsp3) is 0.400. The van der Waals surface area contributed by atoms with E-state index in [9.17, 15) is 0 Å². The van der Waals surface area contributed by atoms with Gasteiger partial charge < -0.3 is 24.4 Å². The van der Waals surface area contributed by atoms with Crippen LogP contribution in [0.15, 0.2) is 42.5 Å². The molecule has 1 atom stereocenters. The Bertz CT molecular complexity index is 703. The van der Waals surface area contributed by atoms with Gasteiger partial charge >= 0.3 is 0 Å². The van der Waals surface area contributed by atoms with Gasteiger partial charge in [0.2, 0.25) is 0 Å². The first-order valence-corrected chi connectivity index (χ1v) is 8.57. The Morgan fingerprint density at radius 3 is 2.64 bits per heavy atom. The molecule has 5 heteroatoms. The molecule has 0 saturated heterocycles. The summed E-state index contributed by atoms with van der Waals surface area (Å²) in [7, 11) is 5.88. The van der Waals surface area contributed by atoms with E-state index in [1.165, 1.54) is 11.1 Å². The minimum absolute atomic E-state index is 0.271. The summed E-state index contributed by atoms with van der Waals surface area (Å²) < 4.78 is 16.6. The minimum Gasteiger partial charge on any atom is -0.497 e. The topological polar surface area (TPSA) is 43.0 Å². The maximum atomic E-state index is 5.65. The third kappa shape index (κ3) is 4.44. The molecule has 3 rings (SSSR count). The number of hydrogen-bond donors (Lipinski definition) is 1. The van der Waals surface area contributed by atoms with E-state index in [1.54, 1.807) is 7.11 Å². The predicted octanol–water partition coefficient (Wildman–Crippen LogP) is 2.86. The smallest absolute Gasteiger partial charge is 0.161 e. The number of benzene rings is 2. The third-order valence-electron chi connectivity index (χ3n) is 4.38. The van der Waals surface area contributed by atoms with Crippen molar-refractivity contribution in [1.82, 2.24) is 10.2 Å². The second-order valence-electron chi connectivity index (χ2n) is 6.36. The van der Waals surface area contributed by atoms with E-state index in [0.717, 1.165) is 30.3 Å². The number of nitrogens with zero attached hydrogens (tertiary/aromatic N) is 1. The van der Waals surface area contributed by atoms with E-state index >= 15 is 0 Å². The van der Waals surface area contributed by atoms with Crippen LogP contribution in [0.25, 0.3) is 0 Å². The van der Waals surface area contributed by atoms with Gasteiger partial charge in [-0.1, -0.05) is 18.2 Å². The molecule has 0 radical (unpaired) electrons. The quantitative estimate of drug-likeness (QED) is 0.838. The van der Waals surface area contributed by atoms with Gasteiger partial charge in [-0.15, -0.1) is 0 Å². The maximum absolute atomic E-state index is 5.65. The van der Waals surface area contributed by atoms with E-state index in [0.29, 0.717) is 13.2 Å². The standard InChI is InChI=1S/C20H26N2O3/c1-22(2)18(16-5-4-6-17(12-16)23-3)14-21-13-15-7-8-19-20(11-15)25-10-9-24-19/h4-8,11-12,18,21H,9-10,13-14H2,1-3H3/t18-/m1/s1. The van der Waals surface area contributed by atoms with Crippen molar-refractivity contribution in [3.05, 3.63) is 53.6 Å². The molecule has 0 bridgehead atoms. The Morgan fingerprint density at radius 2 is 1.88 bits per heavy atom. The second-order valence-corrected chi connectivity index (χ2v) is 6.36. The molecule has 0 saturated carbocycles. The van der Waals surface area contributed by atoms with Crippen LogP contribution in [-0.2, 0) is 6.54 Å². The summed E-state index contributed by atoms with van der Waals surface area (Å²) in [5, 5.41) is 3.55. The van der Waals surface area contributed by atoms with Crippen LogP contribution in [-0.4, -0.2) is 45.9 Å². The third-order valence-corrected chi connectivity index (χ3v) is 4.38. The summed E-state index contributed by atoms with van der Waals surface area (Å²) in [6, 6.07) is 14.6. The Morgan fingerprint density at radius 1 is 1.08 bits per heavy atom. The van der Waals surface area contributed by atoms with Gasteiger partial charge in [0.25, 0.3) is 0 Å². The van der Waals surface area contributed by atoms with Crippen molar-refractivity contribution in [2.45, 2.75) is 12.6 Å². The normalized spacial score (nSPS) is 14.4. The number of rotatable bonds is 7. The van der Waals surface area contributed by atoms with Gasteiger partial charge in [-0.2, -0.15) is 0 Å². The average molecular weight is 342 g/mol. The van der Waals surface area contributed by atoms with Gasteiger partial charge in [0.15, 0.2) is 11.5 Å². The summed E-state index contributed by atoms with van der Waals surface area (Å²) in [5.41, 5.74) is 2.42. The first-order valence-electron chi connectivity index (χ1n) is 8.57. The SMILES string of the molecule is COc1cccc([C@@H](CNCc2ccc3c(c2)OCCO3)N(C)C)c1. The average Bonchev–Trinajstić information content (AvgIpc) is 2.65. The first kappa shape index (κ1) is 17.6. The van der Waals surface area contributed by atoms with Crippen LogP contribution >= 0.6 is 0 Å². The van der Waals surface area contributed by atoms with Crippen LogP contribution in [0.2, 0.25) is 0 Å². The van der Waals surface area contributed by atoms with Crippen molar-refractivity contribution >= 4 is 0 Å². The van der Waals surface area contributed by atoms with E-state index in [2.05, 4.69) is 48.6 Å². The highest BCUT2D eigenvalue weighted by atomic mass is 16.6. The van der Waals surface area contributed by atoms with Gasteiger partial charge in [0, 0.05) is 19.1 Å². The van der Waals surface area contributed by atoms with Crippen LogP contribution < -0.4 is 19.5 Å². The van der Waals surface area contributed by atoms with Crippen LogP contribution in [0, 0.1) is 0 Å². The fourth-order valence-electron chi connectivity index (χ4n) is 3.00. The molecule has 2 aromatic rings. The van der Waals surface area contributed by atoms with Crippen molar-refractivity contribution in [2.75, 3.05) is 41.0 Å². The molecule has 134 valence electrons. The lowest BCUT2D eigenvalue weighted by atomic mass is 10.1. The lowest BCUT2D eigenvalue weighted by molar-refractivity contribution is 0.171. The summed E-state index contributed by atoms with van der Waals surface area (Å²) in [6.45, 7) is 2.86. The number of ether oxygens (including phenoxy) is 3. The van der Waals surface area contributed by atoms with E-state index in [-0.39, 0.29) is 6.04 Å². The second kappa shape index (κ2) is 8.23. The van der Waals surface area contributed by atoms with Crippen molar-refractivity contribution in [1.29, 1.82) is 0 Å². The number of fused-ring (bicyclic) bond motifs is 1. The molecule has 25 heavy (non-hydrogen) atoms. The maximum Gasteiger partial charge on any atom is 0.161 e. The molecule has 5 nitrogen and oxygen atoms in total. The van der Waals surface area contributed by atoms with Gasteiger partial charge in [0.1, 0.15) is 19.0 Å². The molecule has 0 unspecified atom stereocenters. The molecule has 1 aliphatic rings. The largest absolute Gasteiger partial charge is 0.497 e. The van der Waals surface area contributed by atoms with Gasteiger partial charge in [-0.3, -0.25) is 0 Å². The molecule has 0 fully saturated rings.